The van der Waals surface area contributed by atoms with Crippen LogP contribution in [0.15, 0.2) is 65.6 Å². The lowest BCUT2D eigenvalue weighted by molar-refractivity contribution is -0.173. The van der Waals surface area contributed by atoms with Gasteiger partial charge in [-0.15, -0.1) is 0 Å². The molecule has 0 aliphatic heterocycles. The number of hydroxylamine groups is 2. The first-order valence-electron chi connectivity index (χ1n) is 13.0. The average molecular weight is 571 g/mol. The summed E-state index contributed by atoms with van der Waals surface area (Å²) in [6, 6.07) is 16.9. The third-order valence-electron chi connectivity index (χ3n) is 6.20. The molecule has 0 bridgehead atoms. The standard InChI is InChI=1S/C30H38N2O7S/c1-20-16-17-22-12-8-9-13-23(22)24(20)18-21(2)38-26-14-10-11-15-27(26)40(35,36)31-25(29(34)32(6)37-7)19-28(33)39-30(3,4)5/h8-17,21,25,31H,18-19H2,1-7H3. The highest BCUT2D eigenvalue weighted by atomic mass is 32.2. The van der Waals surface area contributed by atoms with Crippen molar-refractivity contribution in [1.82, 2.24) is 9.79 Å². The van der Waals surface area contributed by atoms with Crippen LogP contribution >= 0.6 is 0 Å². The van der Waals surface area contributed by atoms with Gasteiger partial charge in [0.15, 0.2) is 0 Å². The van der Waals surface area contributed by atoms with Crippen molar-refractivity contribution in [3.05, 3.63) is 71.8 Å². The van der Waals surface area contributed by atoms with Gasteiger partial charge < -0.3 is 9.47 Å². The number of sulfonamides is 1. The van der Waals surface area contributed by atoms with E-state index >= 15 is 0 Å². The minimum atomic E-state index is -4.31. The Morgan fingerprint density at radius 1 is 1.00 bits per heavy atom. The smallest absolute Gasteiger partial charge is 0.308 e. The minimum Gasteiger partial charge on any atom is -0.489 e. The Morgan fingerprint density at radius 3 is 2.33 bits per heavy atom. The highest BCUT2D eigenvalue weighted by Gasteiger charge is 2.33. The van der Waals surface area contributed by atoms with E-state index in [0.29, 0.717) is 6.42 Å². The predicted molar refractivity (Wildman–Crippen MR) is 153 cm³/mol. The molecule has 40 heavy (non-hydrogen) atoms. The maximum atomic E-state index is 13.6. The van der Waals surface area contributed by atoms with Crippen LogP contribution in [0.5, 0.6) is 5.75 Å². The second-order valence-corrected chi connectivity index (χ2v) is 12.3. The van der Waals surface area contributed by atoms with E-state index in [1.54, 1.807) is 39.0 Å². The molecule has 10 heteroatoms. The Kier molecular flexibility index (Phi) is 9.94. The van der Waals surface area contributed by atoms with Gasteiger partial charge in [0.1, 0.15) is 28.4 Å². The molecule has 0 saturated heterocycles. The van der Waals surface area contributed by atoms with Crippen LogP contribution in [0.4, 0.5) is 0 Å². The fourth-order valence-corrected chi connectivity index (χ4v) is 5.65. The number of likely N-dealkylation sites (N-methyl/N-ethyl adjacent to an activating group) is 1. The van der Waals surface area contributed by atoms with Gasteiger partial charge in [-0.1, -0.05) is 48.5 Å². The number of nitrogens with zero attached hydrogens (tertiary/aromatic N) is 1. The van der Waals surface area contributed by atoms with Crippen LogP contribution in [0, 0.1) is 6.92 Å². The fourth-order valence-electron chi connectivity index (χ4n) is 4.32. The largest absolute Gasteiger partial charge is 0.489 e. The predicted octanol–water partition coefficient (Wildman–Crippen LogP) is 4.56. The van der Waals surface area contributed by atoms with Gasteiger partial charge in [-0.25, -0.2) is 13.5 Å². The summed E-state index contributed by atoms with van der Waals surface area (Å²) in [5.74, 6) is -1.36. The maximum absolute atomic E-state index is 13.6. The quantitative estimate of drug-likeness (QED) is 0.266. The molecule has 1 N–H and O–H groups in total. The third-order valence-corrected chi connectivity index (χ3v) is 7.71. The molecular formula is C30H38N2O7S. The summed E-state index contributed by atoms with van der Waals surface area (Å²) in [5, 5.41) is 3.09. The fraction of sp³-hybridized carbons (Fsp3) is 0.400. The molecule has 9 nitrogen and oxygen atoms in total. The van der Waals surface area contributed by atoms with E-state index in [0.717, 1.165) is 27.0 Å². The summed E-state index contributed by atoms with van der Waals surface area (Å²) >= 11 is 0. The van der Waals surface area contributed by atoms with Crippen LogP contribution in [0.25, 0.3) is 10.8 Å². The monoisotopic (exact) mass is 570 g/mol. The average Bonchev–Trinajstić information content (AvgIpc) is 2.88. The van der Waals surface area contributed by atoms with Crippen molar-refractivity contribution in [3.8, 4) is 5.75 Å². The normalized spacial score (nSPS) is 13.5. The number of amides is 1. The molecule has 0 fully saturated rings. The number of hydrogen-bond donors (Lipinski definition) is 1. The van der Waals surface area contributed by atoms with Crippen molar-refractivity contribution in [1.29, 1.82) is 0 Å². The van der Waals surface area contributed by atoms with Gasteiger partial charge in [0.2, 0.25) is 10.0 Å². The van der Waals surface area contributed by atoms with E-state index in [1.165, 1.54) is 20.2 Å². The third kappa shape index (κ3) is 8.03. The molecule has 2 atom stereocenters. The highest BCUT2D eigenvalue weighted by Crippen LogP contribution is 2.28. The Balaban J connectivity index is 1.86. The summed E-state index contributed by atoms with van der Waals surface area (Å²) < 4.78 is 41.0. The lowest BCUT2D eigenvalue weighted by Gasteiger charge is -2.25. The van der Waals surface area contributed by atoms with Crippen LogP contribution in [0.3, 0.4) is 0 Å². The van der Waals surface area contributed by atoms with Gasteiger partial charge in [0.25, 0.3) is 5.91 Å². The Bertz CT molecular complexity index is 1460. The van der Waals surface area contributed by atoms with Crippen LogP contribution in [0.1, 0.15) is 45.2 Å². The number of nitrogens with one attached hydrogen (secondary N) is 1. The zero-order valence-corrected chi connectivity index (χ0v) is 24.9. The van der Waals surface area contributed by atoms with E-state index in [9.17, 15) is 18.0 Å². The van der Waals surface area contributed by atoms with Crippen molar-refractivity contribution in [3.63, 3.8) is 0 Å². The topological polar surface area (TPSA) is 111 Å². The Morgan fingerprint density at radius 2 is 1.65 bits per heavy atom. The first kappa shape index (κ1) is 31.1. The number of fused-ring (bicyclic) bond motifs is 1. The van der Waals surface area contributed by atoms with E-state index in [2.05, 4.69) is 22.9 Å². The molecule has 0 aliphatic carbocycles. The molecule has 0 aliphatic rings. The number of carbonyl (C=O) groups is 2. The molecular weight excluding hydrogens is 532 g/mol. The molecule has 0 heterocycles. The first-order chi connectivity index (χ1) is 18.7. The molecule has 3 aromatic carbocycles. The number of carbonyl (C=O) groups excluding carboxylic acids is 2. The minimum absolute atomic E-state index is 0.129. The summed E-state index contributed by atoms with van der Waals surface area (Å²) in [6.45, 7) is 8.96. The van der Waals surface area contributed by atoms with Crippen LogP contribution in [0.2, 0.25) is 0 Å². The SMILES string of the molecule is CON(C)C(=O)C(CC(=O)OC(C)(C)C)NS(=O)(=O)c1ccccc1OC(C)Cc1c(C)ccc2ccccc12. The molecule has 0 radical (unpaired) electrons. The van der Waals surface area contributed by atoms with E-state index < -0.39 is 40.0 Å². The number of para-hydroxylation sites is 1. The highest BCUT2D eigenvalue weighted by molar-refractivity contribution is 7.89. The summed E-state index contributed by atoms with van der Waals surface area (Å²) in [5.41, 5.74) is 1.42. The zero-order chi connectivity index (χ0) is 29.7. The molecule has 216 valence electrons. The number of hydrogen-bond acceptors (Lipinski definition) is 7. The van der Waals surface area contributed by atoms with Gasteiger partial charge in [0.05, 0.1) is 13.5 Å². The van der Waals surface area contributed by atoms with Gasteiger partial charge in [-0.3, -0.25) is 14.4 Å². The van der Waals surface area contributed by atoms with Crippen molar-refractivity contribution in [2.75, 3.05) is 14.2 Å². The number of benzene rings is 3. The summed E-state index contributed by atoms with van der Waals surface area (Å²) in [6.07, 6.45) is -0.351. The lowest BCUT2D eigenvalue weighted by Crippen LogP contribution is -2.48. The van der Waals surface area contributed by atoms with Gasteiger partial charge >= 0.3 is 5.97 Å². The molecule has 2 unspecified atom stereocenters. The molecule has 1 amide bonds. The first-order valence-corrected chi connectivity index (χ1v) is 14.5. The maximum Gasteiger partial charge on any atom is 0.308 e. The van der Waals surface area contributed by atoms with Gasteiger partial charge in [-0.05, 0) is 68.7 Å². The number of esters is 1. The Hall–Kier alpha value is -3.47. The molecule has 0 spiro atoms. The Labute approximate surface area is 236 Å². The van der Waals surface area contributed by atoms with Crippen LogP contribution in [-0.2, 0) is 35.6 Å². The van der Waals surface area contributed by atoms with Gasteiger partial charge in [-0.2, -0.15) is 4.72 Å². The van der Waals surface area contributed by atoms with E-state index in [-0.39, 0.29) is 16.7 Å². The summed E-state index contributed by atoms with van der Waals surface area (Å²) in [7, 11) is -1.72. The second-order valence-electron chi connectivity index (χ2n) is 10.6. The second kappa shape index (κ2) is 12.8. The number of aryl methyl sites for hydroxylation is 1. The van der Waals surface area contributed by atoms with Gasteiger partial charge in [0, 0.05) is 13.5 Å². The number of rotatable bonds is 11. The van der Waals surface area contributed by atoms with Crippen molar-refractivity contribution in [2.24, 2.45) is 0 Å². The number of ether oxygens (including phenoxy) is 2. The van der Waals surface area contributed by atoms with Crippen LogP contribution < -0.4 is 9.46 Å². The van der Waals surface area contributed by atoms with Crippen molar-refractivity contribution < 1.29 is 32.3 Å². The lowest BCUT2D eigenvalue weighted by atomic mass is 9.96. The molecule has 3 rings (SSSR count). The summed E-state index contributed by atoms with van der Waals surface area (Å²) in [4.78, 5) is 30.2. The zero-order valence-electron chi connectivity index (χ0n) is 24.1. The molecule has 3 aromatic rings. The molecule has 0 aromatic heterocycles. The van der Waals surface area contributed by atoms with Crippen molar-refractivity contribution >= 4 is 32.7 Å². The van der Waals surface area contributed by atoms with E-state index in [4.69, 9.17) is 14.3 Å². The van der Waals surface area contributed by atoms with E-state index in [1.807, 2.05) is 32.0 Å². The van der Waals surface area contributed by atoms with Crippen LogP contribution in [-0.4, -0.2) is 57.3 Å². The molecule has 0 saturated carbocycles. The van der Waals surface area contributed by atoms with Crippen molar-refractivity contribution in [2.45, 2.75) is 70.1 Å².